The lowest BCUT2D eigenvalue weighted by Gasteiger charge is -2.31. The first kappa shape index (κ1) is 79.2. The average Bonchev–Trinajstić information content (AvgIpc) is 1.54. The van der Waals surface area contributed by atoms with E-state index in [1.807, 2.05) is 47.6 Å². The number of hydrogen-bond donors (Lipinski definition) is 3. The van der Waals surface area contributed by atoms with Crippen molar-refractivity contribution in [3.05, 3.63) is 237 Å². The van der Waals surface area contributed by atoms with Crippen LogP contribution in [0.3, 0.4) is 0 Å². The summed E-state index contributed by atoms with van der Waals surface area (Å²) in [6.07, 6.45) is 0. The average molecular weight is 1600 g/mol. The maximum atomic E-state index is 15.9. The minimum Gasteiger partial charge on any atom is -0.493 e. The zero-order valence-corrected chi connectivity index (χ0v) is 66.4. The number of nitro groups is 1. The van der Waals surface area contributed by atoms with E-state index in [1.54, 1.807) is 72.8 Å². The lowest BCUT2D eigenvalue weighted by Crippen LogP contribution is -2.20. The Bertz CT molecular complexity index is 5500. The van der Waals surface area contributed by atoms with Crippen LogP contribution in [0.5, 0.6) is 17.2 Å². The van der Waals surface area contributed by atoms with E-state index >= 15 is 9.59 Å². The molecule has 0 atom stereocenters. The number of alkyl halides is 6. The Morgan fingerprint density at radius 2 is 0.764 bits per heavy atom. The van der Waals surface area contributed by atoms with Crippen LogP contribution in [0.2, 0.25) is 0 Å². The second-order valence-electron chi connectivity index (χ2n) is 28.7. The SMILES string of the molecule is COC(=O)c1cc(OCC(C)C)c2cccc(NC(=O)c3cc(OCC(C)C)c4cccc(NC(=O)c5cc(N(c6ccc7c(c6)C(C)(C)c6ccccc6-7)c6ccc7c(c6)C(C)(C)c6ccccc6-7)c6cccc(NC(=O)c7cc(OCC(C)C)c8cccc([N+](=O)[O-])c8n7)c6n5)c4n3)c2n1.ClC(Cl)Cl.ClC(Cl)Cl. The van der Waals surface area contributed by atoms with Crippen molar-refractivity contribution < 1.29 is 43.0 Å². The molecule has 4 heterocycles. The summed E-state index contributed by atoms with van der Waals surface area (Å²) in [6.45, 7) is 21.7. The van der Waals surface area contributed by atoms with Gasteiger partial charge in [0.25, 0.3) is 23.4 Å². The molecule has 0 unspecified atom stereocenters. The van der Waals surface area contributed by atoms with Gasteiger partial charge in [-0.05, 0) is 129 Å². The minimum atomic E-state index is -0.750. The Hall–Kier alpha value is -10.4. The lowest BCUT2D eigenvalue weighted by molar-refractivity contribution is -0.383. The number of carbonyl (C=O) groups excluding carboxylic acids is 4. The summed E-state index contributed by atoms with van der Waals surface area (Å²) in [4.78, 5) is 92.6. The number of hydrogen-bond acceptors (Lipinski definition) is 15. The summed E-state index contributed by atoms with van der Waals surface area (Å²) in [5, 5.41) is 23.7. The second-order valence-corrected chi connectivity index (χ2v) is 32.6. The number of fused-ring (bicyclic) bond motifs is 10. The van der Waals surface area contributed by atoms with Crippen molar-refractivity contribution in [2.24, 2.45) is 17.8 Å². The van der Waals surface area contributed by atoms with Crippen molar-refractivity contribution in [2.45, 2.75) is 88.7 Å². The standard InChI is InChI=1S/C83H75N9O10.2CHCl3/c1-45(2)42-100-71-39-66(79(94)90-64-30-18-24-56-73(102-44-47(5)6)41-68(81(96)99-11)87-76(56)64)85-75-55(71)23-17-29-63(75)89-78(93)65-38-70(54-22-16-28-62(74(54)84-65)88-80(95)67-40-72(101-43-46(3)4)57-25-19-31-69(92(97)98)77(57)86-67)91(48-32-34-52-50-20-12-14-26-58(50)82(7,8)60(52)36-48)49-33-35-53-51-21-13-15-27-59(51)83(9,10)61(53)37-49;2*2-1(3)4/h12-41,45-47H,42-44H2,1-11H3,(H,88,95)(H,89,93)(H,90,94);2*1H. The van der Waals surface area contributed by atoms with Gasteiger partial charge in [0, 0.05) is 68.0 Å². The molecule has 4 aromatic heterocycles. The van der Waals surface area contributed by atoms with Gasteiger partial charge in [-0.3, -0.25) is 24.5 Å². The first-order valence-corrected chi connectivity index (χ1v) is 38.0. The fourth-order valence-electron chi connectivity index (χ4n) is 13.8. The number of nitrogens with zero attached hydrogens (tertiary/aromatic N) is 6. The number of esters is 1. The minimum absolute atomic E-state index is 0.0205. The number of para-hydroxylation sites is 4. The molecule has 25 heteroatoms. The van der Waals surface area contributed by atoms with Crippen molar-refractivity contribution in [3.63, 3.8) is 0 Å². The van der Waals surface area contributed by atoms with Gasteiger partial charge in [0.1, 0.15) is 34.3 Å². The lowest BCUT2D eigenvalue weighted by atomic mass is 9.82. The molecule has 2 aliphatic carbocycles. The molecule has 0 saturated carbocycles. The van der Waals surface area contributed by atoms with Crippen LogP contribution in [0.4, 0.5) is 39.8 Å². The number of halogens is 6. The summed E-state index contributed by atoms with van der Waals surface area (Å²) >= 11 is 28.8. The van der Waals surface area contributed by atoms with E-state index in [1.165, 1.54) is 36.4 Å². The van der Waals surface area contributed by atoms with Gasteiger partial charge in [0.05, 0.1) is 71.2 Å². The Morgan fingerprint density at radius 3 is 1.16 bits per heavy atom. The quantitative estimate of drug-likeness (QED) is 0.0278. The van der Waals surface area contributed by atoms with Gasteiger partial charge in [-0.2, -0.15) is 0 Å². The van der Waals surface area contributed by atoms with Gasteiger partial charge in [0.2, 0.25) is 0 Å². The number of methoxy groups -OCH3 is 1. The molecule has 8 aromatic carbocycles. The third kappa shape index (κ3) is 16.6. The number of nitro benzene ring substituents is 1. The highest BCUT2D eigenvalue weighted by molar-refractivity contribution is 6.63. The van der Waals surface area contributed by atoms with E-state index in [0.29, 0.717) is 45.3 Å². The molecule has 0 bridgehead atoms. The van der Waals surface area contributed by atoms with Crippen molar-refractivity contribution in [1.82, 2.24) is 19.9 Å². The molecular formula is C85H77Cl6N9O10. The first-order valence-electron chi connectivity index (χ1n) is 35.4. The number of benzene rings is 8. The molecule has 110 heavy (non-hydrogen) atoms. The van der Waals surface area contributed by atoms with Gasteiger partial charge in [-0.25, -0.2) is 24.7 Å². The van der Waals surface area contributed by atoms with Gasteiger partial charge >= 0.3 is 5.97 Å². The van der Waals surface area contributed by atoms with E-state index in [0.717, 1.165) is 44.8 Å². The monoisotopic (exact) mass is 1590 g/mol. The van der Waals surface area contributed by atoms with E-state index in [9.17, 15) is 19.7 Å². The number of aromatic nitrogens is 4. The largest absolute Gasteiger partial charge is 0.493 e. The summed E-state index contributed by atoms with van der Waals surface area (Å²) in [7, 11) is 1.26. The van der Waals surface area contributed by atoms with Crippen LogP contribution in [0.15, 0.2) is 182 Å². The Kier molecular flexibility index (Phi) is 23.8. The maximum absolute atomic E-state index is 15.9. The number of rotatable bonds is 20. The van der Waals surface area contributed by atoms with Crippen LogP contribution in [0, 0.1) is 27.9 Å². The molecule has 0 spiro atoms. The zero-order chi connectivity index (χ0) is 78.8. The number of carbonyl (C=O) groups is 4. The molecule has 564 valence electrons. The fourth-order valence-corrected chi connectivity index (χ4v) is 13.8. The van der Waals surface area contributed by atoms with Gasteiger partial charge in [0.15, 0.2) is 19.8 Å². The molecule has 2 aliphatic rings. The molecule has 0 radical (unpaired) electrons. The van der Waals surface area contributed by atoms with Crippen molar-refractivity contribution in [2.75, 3.05) is 47.8 Å². The van der Waals surface area contributed by atoms with Gasteiger partial charge in [-0.1, -0.05) is 230 Å². The van der Waals surface area contributed by atoms with E-state index in [4.69, 9.17) is 98.5 Å². The van der Waals surface area contributed by atoms with Crippen LogP contribution in [0.1, 0.15) is 133 Å². The maximum Gasteiger partial charge on any atom is 0.356 e. The number of pyridine rings is 4. The third-order valence-corrected chi connectivity index (χ3v) is 18.8. The van der Waals surface area contributed by atoms with Crippen LogP contribution >= 0.6 is 69.6 Å². The van der Waals surface area contributed by atoms with E-state index < -0.39 is 48.0 Å². The normalized spacial score (nSPS) is 12.7. The predicted molar refractivity (Wildman–Crippen MR) is 442 cm³/mol. The molecule has 19 nitrogen and oxygen atoms in total. The highest BCUT2D eigenvalue weighted by Crippen LogP contribution is 2.54. The number of nitrogens with one attached hydrogen (secondary N) is 3. The Labute approximate surface area is 666 Å². The molecule has 0 saturated heterocycles. The van der Waals surface area contributed by atoms with Gasteiger partial charge in [-0.15, -0.1) is 0 Å². The topological polar surface area (TPSA) is 239 Å². The van der Waals surface area contributed by atoms with Crippen LogP contribution in [-0.2, 0) is 15.6 Å². The molecule has 3 N–H and O–H groups in total. The highest BCUT2D eigenvalue weighted by Gasteiger charge is 2.39. The number of anilines is 6. The summed E-state index contributed by atoms with van der Waals surface area (Å²) in [5.41, 5.74) is 11.0. The Balaban J connectivity index is 0.00000134. The molecule has 0 aliphatic heterocycles. The second kappa shape index (κ2) is 33.1. The van der Waals surface area contributed by atoms with Crippen LogP contribution in [0.25, 0.3) is 65.9 Å². The van der Waals surface area contributed by atoms with E-state index in [-0.39, 0.29) is 104 Å². The third-order valence-electron chi connectivity index (χ3n) is 18.8. The van der Waals surface area contributed by atoms with Crippen molar-refractivity contribution >= 4 is 177 Å². The molecular weight excluding hydrogens is 1520 g/mol. The molecule has 14 rings (SSSR count). The number of non-ortho nitro benzene ring substituents is 1. The summed E-state index contributed by atoms with van der Waals surface area (Å²) < 4.78 is 22.5. The number of amides is 3. The first-order chi connectivity index (χ1) is 52.4. The zero-order valence-electron chi connectivity index (χ0n) is 61.9. The van der Waals surface area contributed by atoms with Crippen molar-refractivity contribution in [1.29, 1.82) is 0 Å². The fraction of sp³-hybridized carbons (Fsp3) is 0.247. The molecule has 0 fully saturated rings. The smallest absolute Gasteiger partial charge is 0.356 e. The van der Waals surface area contributed by atoms with Crippen LogP contribution in [-0.4, -0.2) is 84.1 Å². The summed E-state index contributed by atoms with van der Waals surface area (Å²) in [5.74, 6) is -1.52. The van der Waals surface area contributed by atoms with E-state index in [2.05, 4.69) is 143 Å². The molecule has 12 aromatic rings. The predicted octanol–water partition coefficient (Wildman–Crippen LogP) is 22.5. The highest BCUT2D eigenvalue weighted by atomic mass is 35.6. The van der Waals surface area contributed by atoms with Gasteiger partial charge < -0.3 is 39.8 Å². The van der Waals surface area contributed by atoms with Crippen LogP contribution < -0.4 is 35.1 Å². The summed E-state index contributed by atoms with van der Waals surface area (Å²) in [6, 6.07) is 56.5. The molecule has 3 amide bonds. The number of ether oxygens (including phenoxy) is 4. The Morgan fingerprint density at radius 1 is 0.427 bits per heavy atom. The van der Waals surface area contributed by atoms with Crippen molar-refractivity contribution in [3.8, 4) is 39.5 Å².